The molecular formula is C22H17NO6. The summed E-state index contributed by atoms with van der Waals surface area (Å²) in [6, 6.07) is 21.5. The maximum Gasteiger partial charge on any atom is 0.348 e. The zero-order valence-electron chi connectivity index (χ0n) is 15.2. The van der Waals surface area contributed by atoms with Crippen molar-refractivity contribution >= 4 is 17.4 Å². The molecular weight excluding hydrogens is 374 g/mol. The number of esters is 1. The Morgan fingerprint density at radius 1 is 0.862 bits per heavy atom. The van der Waals surface area contributed by atoms with E-state index in [0.717, 1.165) is 0 Å². The Labute approximate surface area is 166 Å². The van der Waals surface area contributed by atoms with E-state index >= 15 is 0 Å². The third-order valence-electron chi connectivity index (χ3n) is 4.41. The van der Waals surface area contributed by atoms with Crippen LogP contribution in [-0.2, 0) is 15.1 Å². The molecule has 3 aromatic carbocycles. The van der Waals surface area contributed by atoms with E-state index in [4.69, 9.17) is 4.74 Å². The number of nitro benzene ring substituents is 1. The molecule has 0 fully saturated rings. The highest BCUT2D eigenvalue weighted by Gasteiger charge is 2.41. The van der Waals surface area contributed by atoms with Gasteiger partial charge in [0.25, 0.3) is 5.69 Å². The van der Waals surface area contributed by atoms with Gasteiger partial charge in [0.2, 0.25) is 5.60 Å². The van der Waals surface area contributed by atoms with Gasteiger partial charge in [-0.15, -0.1) is 0 Å². The number of non-ortho nitro benzene ring substituents is 1. The number of ketones is 1. The number of hydrogen-bond acceptors (Lipinski definition) is 6. The quantitative estimate of drug-likeness (QED) is 0.287. The minimum atomic E-state index is -2.09. The van der Waals surface area contributed by atoms with E-state index in [-0.39, 0.29) is 11.3 Å². The Morgan fingerprint density at radius 3 is 1.79 bits per heavy atom. The SMILES string of the molecule is O=C(COC(=O)C(O)(c1ccccc1)c1ccccc1)c1ccc([N+](=O)[O-])cc1. The van der Waals surface area contributed by atoms with Crippen molar-refractivity contribution in [1.82, 2.24) is 0 Å². The third-order valence-corrected chi connectivity index (χ3v) is 4.41. The van der Waals surface area contributed by atoms with Crippen LogP contribution in [0.5, 0.6) is 0 Å². The molecule has 0 saturated carbocycles. The molecule has 0 heterocycles. The van der Waals surface area contributed by atoms with Gasteiger partial charge < -0.3 is 9.84 Å². The van der Waals surface area contributed by atoms with Crippen molar-refractivity contribution < 1.29 is 24.4 Å². The Bertz CT molecular complexity index is 977. The van der Waals surface area contributed by atoms with Gasteiger partial charge in [-0.3, -0.25) is 14.9 Å². The minimum Gasteiger partial charge on any atom is -0.455 e. The Kier molecular flexibility index (Phi) is 5.80. The van der Waals surface area contributed by atoms with Gasteiger partial charge in [0.15, 0.2) is 12.4 Å². The van der Waals surface area contributed by atoms with Crippen molar-refractivity contribution in [3.8, 4) is 0 Å². The summed E-state index contributed by atoms with van der Waals surface area (Å²) >= 11 is 0. The molecule has 0 aromatic heterocycles. The number of nitrogens with zero attached hydrogens (tertiary/aromatic N) is 1. The van der Waals surface area contributed by atoms with E-state index in [1.165, 1.54) is 24.3 Å². The molecule has 3 aromatic rings. The van der Waals surface area contributed by atoms with Gasteiger partial charge in [-0.1, -0.05) is 60.7 Å². The van der Waals surface area contributed by atoms with Gasteiger partial charge in [-0.05, 0) is 23.3 Å². The molecule has 0 unspecified atom stereocenters. The van der Waals surface area contributed by atoms with Crippen molar-refractivity contribution in [3.63, 3.8) is 0 Å². The Hall–Kier alpha value is -3.84. The first-order chi connectivity index (χ1) is 13.9. The van der Waals surface area contributed by atoms with Crippen LogP contribution < -0.4 is 0 Å². The second kappa shape index (κ2) is 8.45. The smallest absolute Gasteiger partial charge is 0.348 e. The van der Waals surface area contributed by atoms with Crippen molar-refractivity contribution in [2.75, 3.05) is 6.61 Å². The van der Waals surface area contributed by atoms with E-state index in [1.54, 1.807) is 60.7 Å². The molecule has 0 saturated heterocycles. The van der Waals surface area contributed by atoms with Gasteiger partial charge >= 0.3 is 5.97 Å². The molecule has 7 nitrogen and oxygen atoms in total. The Balaban J connectivity index is 1.80. The summed E-state index contributed by atoms with van der Waals surface area (Å²) in [6.07, 6.45) is 0. The molecule has 3 rings (SSSR count). The summed E-state index contributed by atoms with van der Waals surface area (Å²) in [4.78, 5) is 35.3. The number of benzene rings is 3. The van der Waals surface area contributed by atoms with Gasteiger partial charge in [-0.25, -0.2) is 4.79 Å². The third kappa shape index (κ3) is 4.20. The number of carbonyl (C=O) groups is 2. The fourth-order valence-corrected chi connectivity index (χ4v) is 2.85. The molecule has 0 spiro atoms. The molecule has 29 heavy (non-hydrogen) atoms. The van der Waals surface area contributed by atoms with Gasteiger partial charge in [-0.2, -0.15) is 0 Å². The van der Waals surface area contributed by atoms with Gasteiger partial charge in [0.05, 0.1) is 4.92 Å². The standard InChI is InChI=1S/C22H17NO6/c24-20(16-11-13-19(14-12-16)23(27)28)15-29-21(25)22(26,17-7-3-1-4-8-17)18-9-5-2-6-10-18/h1-14,26H,15H2. The maximum absolute atomic E-state index is 12.8. The maximum atomic E-state index is 12.8. The highest BCUT2D eigenvalue weighted by molar-refractivity contribution is 5.98. The number of nitro groups is 1. The van der Waals surface area contributed by atoms with E-state index in [0.29, 0.717) is 11.1 Å². The summed E-state index contributed by atoms with van der Waals surface area (Å²) in [5.74, 6) is -1.54. The van der Waals surface area contributed by atoms with Crippen LogP contribution in [0.25, 0.3) is 0 Å². The van der Waals surface area contributed by atoms with Crippen molar-refractivity contribution in [2.24, 2.45) is 0 Å². The number of hydrogen-bond donors (Lipinski definition) is 1. The summed E-state index contributed by atoms with van der Waals surface area (Å²) in [5.41, 5.74) is -1.47. The summed E-state index contributed by atoms with van der Waals surface area (Å²) in [6.45, 7) is -0.612. The topological polar surface area (TPSA) is 107 Å². The van der Waals surface area contributed by atoms with Crippen LogP contribution >= 0.6 is 0 Å². The molecule has 0 aliphatic carbocycles. The van der Waals surface area contributed by atoms with E-state index in [1.807, 2.05) is 0 Å². The predicted molar refractivity (Wildman–Crippen MR) is 104 cm³/mol. The number of Topliss-reactive ketones (excluding diaryl/α,β-unsaturated/α-hetero) is 1. The fraction of sp³-hybridized carbons (Fsp3) is 0.0909. The molecule has 1 N–H and O–H groups in total. The highest BCUT2D eigenvalue weighted by atomic mass is 16.6. The van der Waals surface area contributed by atoms with Crippen LogP contribution in [0.15, 0.2) is 84.9 Å². The molecule has 0 radical (unpaired) electrons. The van der Waals surface area contributed by atoms with Crippen LogP contribution in [0.1, 0.15) is 21.5 Å². The molecule has 0 aliphatic heterocycles. The minimum absolute atomic E-state index is 0.152. The Morgan fingerprint density at radius 2 is 1.34 bits per heavy atom. The molecule has 0 atom stereocenters. The number of aliphatic hydroxyl groups is 1. The van der Waals surface area contributed by atoms with E-state index in [2.05, 4.69) is 0 Å². The zero-order chi connectivity index (χ0) is 20.9. The van der Waals surface area contributed by atoms with Crippen molar-refractivity contribution in [1.29, 1.82) is 0 Å². The van der Waals surface area contributed by atoms with Crippen LogP contribution in [0.4, 0.5) is 5.69 Å². The van der Waals surface area contributed by atoms with Gasteiger partial charge in [0.1, 0.15) is 0 Å². The lowest BCUT2D eigenvalue weighted by molar-refractivity contribution is -0.384. The summed E-state index contributed by atoms with van der Waals surface area (Å²) in [7, 11) is 0. The second-order valence-electron chi connectivity index (χ2n) is 6.25. The molecule has 0 aliphatic rings. The first-order valence-electron chi connectivity index (χ1n) is 8.71. The molecule has 0 amide bonds. The monoisotopic (exact) mass is 391 g/mol. The lowest BCUT2D eigenvalue weighted by Gasteiger charge is -2.26. The van der Waals surface area contributed by atoms with Crippen LogP contribution in [0, 0.1) is 10.1 Å². The van der Waals surface area contributed by atoms with Crippen molar-refractivity contribution in [3.05, 3.63) is 112 Å². The summed E-state index contributed by atoms with van der Waals surface area (Å²) < 4.78 is 5.14. The largest absolute Gasteiger partial charge is 0.455 e. The second-order valence-corrected chi connectivity index (χ2v) is 6.25. The van der Waals surface area contributed by atoms with Gasteiger partial charge in [0, 0.05) is 17.7 Å². The first kappa shape index (κ1) is 19.9. The first-order valence-corrected chi connectivity index (χ1v) is 8.71. The summed E-state index contributed by atoms with van der Waals surface area (Å²) in [5, 5.41) is 21.9. The predicted octanol–water partition coefficient (Wildman–Crippen LogP) is 3.26. The molecule has 0 bridgehead atoms. The molecule has 7 heteroatoms. The lowest BCUT2D eigenvalue weighted by Crippen LogP contribution is -2.39. The zero-order valence-corrected chi connectivity index (χ0v) is 15.2. The van der Waals surface area contributed by atoms with Crippen molar-refractivity contribution in [2.45, 2.75) is 5.60 Å². The number of carbonyl (C=O) groups excluding carboxylic acids is 2. The van der Waals surface area contributed by atoms with Crippen LogP contribution in [0.2, 0.25) is 0 Å². The van der Waals surface area contributed by atoms with Crippen LogP contribution in [-0.4, -0.2) is 28.4 Å². The van der Waals surface area contributed by atoms with E-state index in [9.17, 15) is 24.8 Å². The highest BCUT2D eigenvalue weighted by Crippen LogP contribution is 2.31. The van der Waals surface area contributed by atoms with Crippen LogP contribution in [0.3, 0.4) is 0 Å². The fourth-order valence-electron chi connectivity index (χ4n) is 2.85. The average molecular weight is 391 g/mol. The number of ether oxygens (including phenoxy) is 1. The van der Waals surface area contributed by atoms with E-state index < -0.39 is 28.9 Å². The average Bonchev–Trinajstić information content (AvgIpc) is 2.77. The lowest BCUT2D eigenvalue weighted by atomic mass is 9.86. The number of rotatable bonds is 7. The molecule has 146 valence electrons. The normalized spacial score (nSPS) is 10.9.